The molecule has 0 atom stereocenters. The second-order valence-corrected chi connectivity index (χ2v) is 4.93. The molecule has 2 aromatic rings. The van der Waals surface area contributed by atoms with Gasteiger partial charge in [-0.05, 0) is 31.5 Å². The van der Waals surface area contributed by atoms with E-state index in [1.54, 1.807) is 44.2 Å². The van der Waals surface area contributed by atoms with Crippen molar-refractivity contribution in [1.29, 1.82) is 5.26 Å². The normalized spacial score (nSPS) is 10.1. The maximum Gasteiger partial charge on any atom is 0.341 e. The second kappa shape index (κ2) is 6.50. The van der Waals surface area contributed by atoms with Crippen LogP contribution in [0, 0.1) is 18.3 Å². The van der Waals surface area contributed by atoms with E-state index in [0.29, 0.717) is 5.69 Å². The van der Waals surface area contributed by atoms with Gasteiger partial charge >= 0.3 is 5.97 Å². The average Bonchev–Trinajstić information content (AvgIpc) is 2.49. The van der Waals surface area contributed by atoms with Crippen LogP contribution in [0.1, 0.15) is 28.4 Å². The van der Waals surface area contributed by atoms with E-state index >= 15 is 0 Å². The van der Waals surface area contributed by atoms with E-state index in [1.165, 1.54) is 4.57 Å². The first kappa shape index (κ1) is 15.9. The molecule has 2 rings (SSSR count). The lowest BCUT2D eigenvalue weighted by Crippen LogP contribution is -2.27. The second-order valence-electron chi connectivity index (χ2n) is 4.51. The maximum atomic E-state index is 12.5. The first-order chi connectivity index (χ1) is 10.5. The van der Waals surface area contributed by atoms with Crippen LogP contribution < -0.4 is 5.56 Å². The Morgan fingerprint density at radius 1 is 1.36 bits per heavy atom. The molecule has 0 radical (unpaired) electrons. The summed E-state index contributed by atoms with van der Waals surface area (Å²) in [5.41, 5.74) is 0.335. The molecule has 0 aliphatic carbocycles. The number of thiol groups is 1. The van der Waals surface area contributed by atoms with E-state index in [2.05, 4.69) is 12.6 Å². The smallest absolute Gasteiger partial charge is 0.341 e. The highest BCUT2D eigenvalue weighted by Crippen LogP contribution is 2.23. The highest BCUT2D eigenvalue weighted by atomic mass is 32.1. The van der Waals surface area contributed by atoms with Crippen LogP contribution in [0.25, 0.3) is 5.69 Å². The molecule has 0 saturated carbocycles. The molecule has 6 heteroatoms. The average molecular weight is 314 g/mol. The predicted octanol–water partition coefficient (Wildman–Crippen LogP) is 2.48. The Balaban J connectivity index is 2.86. The molecule has 0 bridgehead atoms. The quantitative estimate of drug-likeness (QED) is 0.698. The summed E-state index contributed by atoms with van der Waals surface area (Å²) in [5.74, 6) is -0.605. The number of esters is 1. The van der Waals surface area contributed by atoms with E-state index in [9.17, 15) is 14.9 Å². The Kier molecular flexibility index (Phi) is 4.68. The number of ether oxygens (including phenoxy) is 1. The molecule has 0 aliphatic rings. The topological polar surface area (TPSA) is 72.1 Å². The van der Waals surface area contributed by atoms with Crippen molar-refractivity contribution in [3.8, 4) is 11.8 Å². The minimum Gasteiger partial charge on any atom is -0.462 e. The van der Waals surface area contributed by atoms with Gasteiger partial charge < -0.3 is 4.74 Å². The van der Waals surface area contributed by atoms with Gasteiger partial charge in [0, 0.05) is 5.69 Å². The van der Waals surface area contributed by atoms with E-state index in [1.807, 2.05) is 6.07 Å². The van der Waals surface area contributed by atoms with Crippen molar-refractivity contribution in [3.63, 3.8) is 0 Å². The Hall–Kier alpha value is -2.52. The number of para-hydroxylation sites is 1. The summed E-state index contributed by atoms with van der Waals surface area (Å²) < 4.78 is 6.24. The van der Waals surface area contributed by atoms with Crippen LogP contribution in [0.5, 0.6) is 0 Å². The molecule has 5 nitrogen and oxygen atoms in total. The highest BCUT2D eigenvalue weighted by molar-refractivity contribution is 7.80. The fourth-order valence-electron chi connectivity index (χ4n) is 2.17. The molecule has 22 heavy (non-hydrogen) atoms. The number of nitrogens with zero attached hydrogens (tertiary/aromatic N) is 2. The molecular weight excluding hydrogens is 300 g/mol. The van der Waals surface area contributed by atoms with Crippen LogP contribution in [-0.2, 0) is 4.74 Å². The maximum absolute atomic E-state index is 12.5. The van der Waals surface area contributed by atoms with Gasteiger partial charge in [0.1, 0.15) is 11.6 Å². The number of carbonyl (C=O) groups is 1. The molecule has 1 heterocycles. The number of carbonyl (C=O) groups excluding carboxylic acids is 1. The minimum atomic E-state index is -0.605. The standard InChI is InChI=1S/C16H14N2O3S/c1-3-21-16(20)13-10(2)12(9-17)14(19)18(15(13)22)11-7-5-4-6-8-11/h4-8,22H,3H2,1-2H3. The predicted molar refractivity (Wildman–Crippen MR) is 84.7 cm³/mol. The highest BCUT2D eigenvalue weighted by Gasteiger charge is 2.23. The van der Waals surface area contributed by atoms with Gasteiger partial charge in [-0.15, -0.1) is 12.6 Å². The van der Waals surface area contributed by atoms with E-state index in [4.69, 9.17) is 4.74 Å². The monoisotopic (exact) mass is 314 g/mol. The molecule has 0 unspecified atom stereocenters. The van der Waals surface area contributed by atoms with Crippen molar-refractivity contribution in [1.82, 2.24) is 4.57 Å². The summed E-state index contributed by atoms with van der Waals surface area (Å²) in [5, 5.41) is 9.42. The Bertz CT molecular complexity index is 820. The van der Waals surface area contributed by atoms with Crippen molar-refractivity contribution in [2.24, 2.45) is 0 Å². The zero-order chi connectivity index (χ0) is 16.3. The van der Waals surface area contributed by atoms with Gasteiger partial charge in [-0.25, -0.2) is 4.79 Å². The lowest BCUT2D eigenvalue weighted by Gasteiger charge is -2.16. The van der Waals surface area contributed by atoms with E-state index in [-0.39, 0.29) is 28.3 Å². The molecule has 1 aromatic heterocycles. The summed E-state index contributed by atoms with van der Waals surface area (Å²) in [4.78, 5) is 24.7. The van der Waals surface area contributed by atoms with Crippen LogP contribution in [-0.4, -0.2) is 17.1 Å². The summed E-state index contributed by atoms with van der Waals surface area (Å²) in [6.45, 7) is 3.42. The molecule has 0 spiro atoms. The summed E-state index contributed by atoms with van der Waals surface area (Å²) in [6, 6.07) is 10.6. The number of hydrogen-bond acceptors (Lipinski definition) is 5. The van der Waals surface area contributed by atoms with Gasteiger partial charge in [-0.2, -0.15) is 5.26 Å². The largest absolute Gasteiger partial charge is 0.462 e. The van der Waals surface area contributed by atoms with Crippen molar-refractivity contribution >= 4 is 18.6 Å². The van der Waals surface area contributed by atoms with Gasteiger partial charge in [-0.1, -0.05) is 18.2 Å². The third-order valence-electron chi connectivity index (χ3n) is 3.21. The Labute approximate surface area is 133 Å². The number of aromatic nitrogens is 1. The summed E-state index contributed by atoms with van der Waals surface area (Å²) >= 11 is 4.33. The van der Waals surface area contributed by atoms with Crippen molar-refractivity contribution in [2.75, 3.05) is 6.61 Å². The lowest BCUT2D eigenvalue weighted by atomic mass is 10.1. The van der Waals surface area contributed by atoms with E-state index < -0.39 is 11.5 Å². The first-order valence-electron chi connectivity index (χ1n) is 6.64. The third-order valence-corrected chi connectivity index (χ3v) is 3.63. The zero-order valence-corrected chi connectivity index (χ0v) is 13.1. The van der Waals surface area contributed by atoms with Gasteiger partial charge in [0.15, 0.2) is 0 Å². The van der Waals surface area contributed by atoms with Crippen LogP contribution in [0.4, 0.5) is 0 Å². The molecule has 112 valence electrons. The van der Waals surface area contributed by atoms with Gasteiger partial charge in [-0.3, -0.25) is 9.36 Å². The minimum absolute atomic E-state index is 0.0929. The Morgan fingerprint density at radius 2 is 2.00 bits per heavy atom. The molecule has 0 aliphatic heterocycles. The molecule has 0 amide bonds. The number of nitriles is 1. The third kappa shape index (κ3) is 2.63. The molecule has 0 saturated heterocycles. The van der Waals surface area contributed by atoms with Crippen molar-refractivity contribution in [3.05, 3.63) is 57.4 Å². The molecule has 1 aromatic carbocycles. The van der Waals surface area contributed by atoms with Gasteiger partial charge in [0.25, 0.3) is 5.56 Å². The van der Waals surface area contributed by atoms with E-state index in [0.717, 1.165) is 0 Å². The number of rotatable bonds is 3. The summed E-state index contributed by atoms with van der Waals surface area (Å²) in [6.07, 6.45) is 0. The lowest BCUT2D eigenvalue weighted by molar-refractivity contribution is 0.0519. The molecule has 0 N–H and O–H groups in total. The Morgan fingerprint density at radius 3 is 2.55 bits per heavy atom. The number of hydrogen-bond donors (Lipinski definition) is 1. The SMILES string of the molecule is CCOC(=O)c1c(C)c(C#N)c(=O)n(-c2ccccc2)c1S. The van der Waals surface area contributed by atoms with Gasteiger partial charge in [0.2, 0.25) is 0 Å². The summed E-state index contributed by atoms with van der Waals surface area (Å²) in [7, 11) is 0. The van der Waals surface area contributed by atoms with Crippen molar-refractivity contribution < 1.29 is 9.53 Å². The zero-order valence-electron chi connectivity index (χ0n) is 12.2. The fraction of sp³-hybridized carbons (Fsp3) is 0.188. The van der Waals surface area contributed by atoms with Crippen LogP contribution in [0.2, 0.25) is 0 Å². The molecular formula is C16H14N2O3S. The van der Waals surface area contributed by atoms with Gasteiger partial charge in [0.05, 0.1) is 17.2 Å². The number of benzene rings is 1. The van der Waals surface area contributed by atoms with Crippen molar-refractivity contribution in [2.45, 2.75) is 18.9 Å². The first-order valence-corrected chi connectivity index (χ1v) is 7.08. The van der Waals surface area contributed by atoms with Crippen LogP contribution in [0.3, 0.4) is 0 Å². The fourth-order valence-corrected chi connectivity index (χ4v) is 2.63. The molecule has 0 fully saturated rings. The van der Waals surface area contributed by atoms with Crippen LogP contribution in [0.15, 0.2) is 40.2 Å². The number of pyridine rings is 1. The van der Waals surface area contributed by atoms with Crippen LogP contribution >= 0.6 is 12.6 Å².